The van der Waals surface area contributed by atoms with E-state index in [9.17, 15) is 9.59 Å². The van der Waals surface area contributed by atoms with Crippen LogP contribution in [0.5, 0.6) is 0 Å². The molecule has 0 unspecified atom stereocenters. The highest BCUT2D eigenvalue weighted by Gasteiger charge is 2.08. The lowest BCUT2D eigenvalue weighted by Crippen LogP contribution is -2.26. The maximum Gasteiger partial charge on any atom is 0.267 e. The van der Waals surface area contributed by atoms with Crippen molar-refractivity contribution in [3.63, 3.8) is 0 Å². The Kier molecular flexibility index (Phi) is 4.16. The number of carbonyl (C=O) groups excluding carboxylic acids is 1. The number of benzene rings is 1. The van der Waals surface area contributed by atoms with Gasteiger partial charge in [0.2, 0.25) is 0 Å². The van der Waals surface area contributed by atoms with Gasteiger partial charge in [-0.15, -0.1) is 11.8 Å². The number of nitrogens with zero attached hydrogens (tertiary/aromatic N) is 2. The second kappa shape index (κ2) is 5.84. The summed E-state index contributed by atoms with van der Waals surface area (Å²) in [5.41, 5.74) is 1.04. The number of Topliss-reactive ketones (excluding diaryl/α,β-unsaturated/α-hetero) is 1. The van der Waals surface area contributed by atoms with Crippen LogP contribution in [0.2, 0.25) is 0 Å². The summed E-state index contributed by atoms with van der Waals surface area (Å²) in [6.07, 6.45) is 1.98. The van der Waals surface area contributed by atoms with E-state index in [0.29, 0.717) is 11.3 Å². The molecule has 0 aliphatic heterocycles. The Morgan fingerprint density at radius 3 is 2.53 bits per heavy atom. The molecule has 4 nitrogen and oxygen atoms in total. The first-order valence-electron chi connectivity index (χ1n) is 5.82. The Morgan fingerprint density at radius 2 is 1.89 bits per heavy atom. The van der Waals surface area contributed by atoms with E-state index in [0.717, 1.165) is 4.90 Å². The number of thioether (sulfide) groups is 1. The standard InChI is InChI=1S/C14H14N2O2S/c1-10-3-8-14(18)16(15-10)9-13(17)11-4-6-12(19-2)7-5-11/h3-8H,9H2,1-2H3. The lowest BCUT2D eigenvalue weighted by molar-refractivity contribution is 0.0965. The van der Waals surface area contributed by atoms with Crippen LogP contribution in [0.15, 0.2) is 46.1 Å². The zero-order valence-electron chi connectivity index (χ0n) is 10.8. The van der Waals surface area contributed by atoms with Gasteiger partial charge in [-0.3, -0.25) is 9.59 Å². The fraction of sp³-hybridized carbons (Fsp3) is 0.214. The van der Waals surface area contributed by atoms with Crippen molar-refractivity contribution in [3.05, 3.63) is 58.0 Å². The summed E-state index contributed by atoms with van der Waals surface area (Å²) in [6.45, 7) is 1.76. The number of ketones is 1. The van der Waals surface area contributed by atoms with E-state index in [1.807, 2.05) is 18.4 Å². The number of rotatable bonds is 4. The van der Waals surface area contributed by atoms with Crippen LogP contribution in [-0.4, -0.2) is 21.8 Å². The average Bonchev–Trinajstić information content (AvgIpc) is 2.43. The second-order valence-corrected chi connectivity index (χ2v) is 5.00. The van der Waals surface area contributed by atoms with Crippen LogP contribution < -0.4 is 5.56 Å². The minimum absolute atomic E-state index is 0.0286. The highest BCUT2D eigenvalue weighted by molar-refractivity contribution is 7.98. The first-order valence-corrected chi connectivity index (χ1v) is 7.04. The van der Waals surface area contributed by atoms with Gasteiger partial charge in [-0.2, -0.15) is 5.10 Å². The first-order chi connectivity index (χ1) is 9.10. The van der Waals surface area contributed by atoms with Gasteiger partial charge in [-0.05, 0) is 31.4 Å². The number of carbonyl (C=O) groups is 1. The van der Waals surface area contributed by atoms with Gasteiger partial charge in [0, 0.05) is 16.5 Å². The number of aryl methyl sites for hydroxylation is 1. The van der Waals surface area contributed by atoms with Crippen LogP contribution in [0.1, 0.15) is 16.1 Å². The number of hydrogen-bond acceptors (Lipinski definition) is 4. The van der Waals surface area contributed by atoms with E-state index in [1.165, 1.54) is 10.7 Å². The van der Waals surface area contributed by atoms with Gasteiger partial charge >= 0.3 is 0 Å². The van der Waals surface area contributed by atoms with Crippen LogP contribution in [0, 0.1) is 6.92 Å². The summed E-state index contributed by atoms with van der Waals surface area (Å²) in [6, 6.07) is 10.4. The topological polar surface area (TPSA) is 52.0 Å². The van der Waals surface area contributed by atoms with Gasteiger partial charge in [0.15, 0.2) is 5.78 Å². The molecule has 0 fully saturated rings. The van der Waals surface area contributed by atoms with Crippen LogP contribution in [0.25, 0.3) is 0 Å². The Morgan fingerprint density at radius 1 is 1.21 bits per heavy atom. The maximum atomic E-state index is 12.1. The van der Waals surface area contributed by atoms with Gasteiger partial charge in [0.1, 0.15) is 6.54 Å². The van der Waals surface area contributed by atoms with Crippen molar-refractivity contribution >= 4 is 17.5 Å². The van der Waals surface area contributed by atoms with Crippen molar-refractivity contribution in [2.24, 2.45) is 0 Å². The molecule has 2 aromatic rings. The van der Waals surface area contributed by atoms with E-state index in [4.69, 9.17) is 0 Å². The Balaban J connectivity index is 2.20. The maximum absolute atomic E-state index is 12.1. The Hall–Kier alpha value is -1.88. The van der Waals surface area contributed by atoms with E-state index in [1.54, 1.807) is 36.9 Å². The van der Waals surface area contributed by atoms with Crippen molar-refractivity contribution in [2.75, 3.05) is 6.26 Å². The monoisotopic (exact) mass is 274 g/mol. The van der Waals surface area contributed by atoms with E-state index in [2.05, 4.69) is 5.10 Å². The third-order valence-electron chi connectivity index (χ3n) is 2.71. The zero-order valence-corrected chi connectivity index (χ0v) is 11.6. The molecule has 0 radical (unpaired) electrons. The molecule has 0 saturated heterocycles. The van der Waals surface area contributed by atoms with Gasteiger partial charge in [-0.25, -0.2) is 4.68 Å². The molecule has 0 saturated carbocycles. The van der Waals surface area contributed by atoms with Crippen molar-refractivity contribution in [1.29, 1.82) is 0 Å². The normalized spacial score (nSPS) is 10.4. The molecule has 1 aromatic carbocycles. The summed E-state index contributed by atoms with van der Waals surface area (Å²) in [7, 11) is 0. The minimum Gasteiger partial charge on any atom is -0.292 e. The van der Waals surface area contributed by atoms with E-state index < -0.39 is 0 Å². The van der Waals surface area contributed by atoms with Crippen LogP contribution in [0.3, 0.4) is 0 Å². The summed E-state index contributed by atoms with van der Waals surface area (Å²) in [5.74, 6) is -0.118. The third kappa shape index (κ3) is 3.32. The van der Waals surface area contributed by atoms with Crippen molar-refractivity contribution in [1.82, 2.24) is 9.78 Å². The van der Waals surface area contributed by atoms with Crippen LogP contribution in [-0.2, 0) is 6.54 Å². The van der Waals surface area contributed by atoms with Gasteiger partial charge in [0.05, 0.1) is 5.69 Å². The highest BCUT2D eigenvalue weighted by atomic mass is 32.2. The molecule has 0 spiro atoms. The summed E-state index contributed by atoms with van der Waals surface area (Å²) >= 11 is 1.62. The van der Waals surface area contributed by atoms with Crippen LogP contribution in [0.4, 0.5) is 0 Å². The van der Waals surface area contributed by atoms with Gasteiger partial charge in [-0.1, -0.05) is 12.1 Å². The lowest BCUT2D eigenvalue weighted by Gasteiger charge is -2.05. The molecule has 19 heavy (non-hydrogen) atoms. The third-order valence-corrected chi connectivity index (χ3v) is 3.45. The Bertz CT molecular complexity index is 647. The van der Waals surface area contributed by atoms with Crippen molar-refractivity contribution in [3.8, 4) is 0 Å². The molecule has 2 rings (SSSR count). The molecular formula is C14H14N2O2S. The smallest absolute Gasteiger partial charge is 0.267 e. The van der Waals surface area contributed by atoms with Crippen LogP contribution >= 0.6 is 11.8 Å². The molecule has 0 N–H and O–H groups in total. The SMILES string of the molecule is CSc1ccc(C(=O)Cn2nc(C)ccc2=O)cc1. The molecule has 0 aliphatic rings. The zero-order chi connectivity index (χ0) is 13.8. The average molecular weight is 274 g/mol. The highest BCUT2D eigenvalue weighted by Crippen LogP contribution is 2.15. The molecule has 98 valence electrons. The largest absolute Gasteiger partial charge is 0.292 e. The fourth-order valence-electron chi connectivity index (χ4n) is 1.67. The van der Waals surface area contributed by atoms with Crippen molar-refractivity contribution < 1.29 is 4.79 Å². The minimum atomic E-state index is -0.264. The second-order valence-electron chi connectivity index (χ2n) is 4.12. The predicted octanol–water partition coefficient (Wildman–Crippen LogP) is 2.16. The molecular weight excluding hydrogens is 260 g/mol. The molecule has 0 atom stereocenters. The Labute approximate surface area is 115 Å². The van der Waals surface area contributed by atoms with Gasteiger partial charge in [0.25, 0.3) is 5.56 Å². The quantitative estimate of drug-likeness (QED) is 0.633. The molecule has 1 aromatic heterocycles. The molecule has 1 heterocycles. The van der Waals surface area contributed by atoms with Crippen molar-refractivity contribution in [2.45, 2.75) is 18.4 Å². The summed E-state index contributed by atoms with van der Waals surface area (Å²) < 4.78 is 1.19. The molecule has 0 aliphatic carbocycles. The summed E-state index contributed by atoms with van der Waals surface area (Å²) in [5, 5.41) is 4.05. The molecule has 5 heteroatoms. The predicted molar refractivity (Wildman–Crippen MR) is 75.8 cm³/mol. The first kappa shape index (κ1) is 13.5. The molecule has 0 amide bonds. The number of aromatic nitrogens is 2. The lowest BCUT2D eigenvalue weighted by atomic mass is 10.1. The van der Waals surface area contributed by atoms with Gasteiger partial charge < -0.3 is 0 Å². The fourth-order valence-corrected chi connectivity index (χ4v) is 2.08. The van der Waals surface area contributed by atoms with E-state index in [-0.39, 0.29) is 17.9 Å². The molecule has 0 bridgehead atoms. The number of hydrogen-bond donors (Lipinski definition) is 0. The van der Waals surface area contributed by atoms with E-state index >= 15 is 0 Å². The summed E-state index contributed by atoms with van der Waals surface area (Å²) in [4.78, 5) is 24.8.